The molecule has 1 atom stereocenters. The van der Waals surface area contributed by atoms with Crippen molar-refractivity contribution in [3.63, 3.8) is 0 Å². The number of phosphoric ester groups is 1. The lowest BCUT2D eigenvalue weighted by Crippen LogP contribution is -2.38. The fourth-order valence-corrected chi connectivity index (χ4v) is 3.48. The van der Waals surface area contributed by atoms with Gasteiger partial charge in [-0.3, -0.25) is 19.8 Å². The van der Waals surface area contributed by atoms with E-state index in [0.717, 1.165) is 5.56 Å². The van der Waals surface area contributed by atoms with Crippen molar-refractivity contribution < 1.29 is 32.7 Å². The molecule has 0 aliphatic carbocycles. The summed E-state index contributed by atoms with van der Waals surface area (Å²) in [6, 6.07) is 12.1. The van der Waals surface area contributed by atoms with Crippen LogP contribution in [0.25, 0.3) is 11.3 Å². The molecule has 0 fully saturated rings. The quantitative estimate of drug-likeness (QED) is 0.256. The predicted octanol–water partition coefficient (Wildman–Crippen LogP) is 2.26. The van der Waals surface area contributed by atoms with Gasteiger partial charge in [-0.05, 0) is 29.8 Å². The molecule has 4 aromatic rings. The summed E-state index contributed by atoms with van der Waals surface area (Å²) in [7, 11) is -4.88. The minimum atomic E-state index is -4.88. The van der Waals surface area contributed by atoms with Gasteiger partial charge in [-0.15, -0.1) is 0 Å². The maximum absolute atomic E-state index is 10.8. The molecule has 0 radical (unpaired) electrons. The topological polar surface area (TPSA) is 161 Å². The van der Waals surface area contributed by atoms with E-state index in [1.54, 1.807) is 48.8 Å². The van der Waals surface area contributed by atoms with Gasteiger partial charge in [0.25, 0.3) is 13.6 Å². The third-order valence-electron chi connectivity index (χ3n) is 4.63. The number of ether oxygens (including phenoxy) is 1. The molecule has 34 heavy (non-hydrogen) atoms. The molecular weight excluding hydrogens is 485 g/mol. The normalized spacial score (nSPS) is 12.9. The van der Waals surface area contributed by atoms with Gasteiger partial charge in [0.15, 0.2) is 12.5 Å². The molecule has 0 aromatic carbocycles. The fourth-order valence-electron chi connectivity index (χ4n) is 3.03. The lowest BCUT2D eigenvalue weighted by molar-refractivity contribution is -0.712. The van der Waals surface area contributed by atoms with E-state index in [1.807, 2.05) is 6.07 Å². The van der Waals surface area contributed by atoms with Crippen LogP contribution in [0.5, 0.6) is 5.88 Å². The van der Waals surface area contributed by atoms with Gasteiger partial charge in [-0.2, -0.15) is 0 Å². The van der Waals surface area contributed by atoms with Gasteiger partial charge in [-0.25, -0.2) is 9.55 Å². The van der Waals surface area contributed by atoms with Crippen LogP contribution >= 0.6 is 19.4 Å². The van der Waals surface area contributed by atoms with Gasteiger partial charge >= 0.3 is 0 Å². The zero-order valence-electron chi connectivity index (χ0n) is 17.6. The Labute approximate surface area is 199 Å². The Balaban J connectivity index is 1.40. The minimum absolute atomic E-state index is 0.177. The standard InChI is InChI=1S/C21H19ClN5O6P/c22-15-5-6-24-17(9-15)12-31-20-4-3-14(11-25-20)8-16-10-19(33-26-16)18-2-1-7-27(21(18)23)13-32-34(28,29)30/h1-7,9-11,23H,8,12-13H2,(H2,28,29,30). The van der Waals surface area contributed by atoms with Gasteiger partial charge in [0.05, 0.1) is 17.6 Å². The summed E-state index contributed by atoms with van der Waals surface area (Å²) < 4.78 is 27.6. The van der Waals surface area contributed by atoms with E-state index in [2.05, 4.69) is 19.6 Å². The molecule has 4 rings (SSSR count). The van der Waals surface area contributed by atoms with Crippen molar-refractivity contribution in [1.29, 1.82) is 0 Å². The molecule has 1 unspecified atom stereocenters. The van der Waals surface area contributed by atoms with Gasteiger partial charge in [0, 0.05) is 36.0 Å². The molecule has 0 saturated heterocycles. The fraction of sp³-hybridized carbons (Fsp3) is 0.143. The zero-order chi connectivity index (χ0) is 24.1. The van der Waals surface area contributed by atoms with E-state index in [1.165, 1.54) is 10.8 Å². The summed E-state index contributed by atoms with van der Waals surface area (Å²) in [5, 5.41) is 4.65. The molecule has 3 N–H and O–H groups in total. The summed E-state index contributed by atoms with van der Waals surface area (Å²) in [4.78, 5) is 28.1. The van der Waals surface area contributed by atoms with Crippen molar-refractivity contribution in [2.75, 3.05) is 5.73 Å². The Morgan fingerprint density at radius 3 is 2.79 bits per heavy atom. The molecule has 13 heteroatoms. The molecule has 11 nitrogen and oxygen atoms in total. The first-order valence-corrected chi connectivity index (χ1v) is 11.7. The van der Waals surface area contributed by atoms with Crippen LogP contribution in [0, 0.1) is 0 Å². The average molecular weight is 504 g/mol. The summed E-state index contributed by atoms with van der Waals surface area (Å²) in [5.41, 5.74) is 8.79. The van der Waals surface area contributed by atoms with Crippen LogP contribution < -0.4 is 19.9 Å². The first-order chi connectivity index (χ1) is 16.3. The lowest BCUT2D eigenvalue weighted by Gasteiger charge is -2.14. The average Bonchev–Trinajstić information content (AvgIpc) is 3.25. The molecular formula is C21H19ClN5O6P. The highest BCUT2D eigenvalue weighted by molar-refractivity contribution is 7.44. The molecule has 4 heterocycles. The first kappa shape index (κ1) is 23.8. The smallest absolute Gasteiger partial charge is 0.285 e. The molecule has 0 saturated carbocycles. The maximum atomic E-state index is 10.8. The second kappa shape index (κ2) is 10.3. The SMILES string of the molecule is Nc1c(-c2cc(Cc3ccc(OCc4cc(Cl)ccn4)nc3)no2)ccc[n+]1COP(=O)([O-])O. The first-order valence-electron chi connectivity index (χ1n) is 9.87. The summed E-state index contributed by atoms with van der Waals surface area (Å²) in [6.07, 6.45) is 5.24. The second-order valence-electron chi connectivity index (χ2n) is 7.12. The van der Waals surface area contributed by atoms with Crippen LogP contribution in [0.2, 0.25) is 5.02 Å². The number of phosphoric acid groups is 1. The number of anilines is 1. The highest BCUT2D eigenvalue weighted by Gasteiger charge is 2.18. The van der Waals surface area contributed by atoms with E-state index in [0.29, 0.717) is 40.0 Å². The van der Waals surface area contributed by atoms with Crippen LogP contribution in [-0.4, -0.2) is 20.0 Å². The number of halogens is 1. The van der Waals surface area contributed by atoms with E-state index in [9.17, 15) is 9.46 Å². The number of pyridine rings is 3. The molecule has 0 aliphatic heterocycles. The number of hydrogen-bond acceptors (Lipinski definition) is 9. The third-order valence-corrected chi connectivity index (χ3v) is 5.30. The molecule has 0 aliphatic rings. The second-order valence-corrected chi connectivity index (χ2v) is 8.75. The van der Waals surface area contributed by atoms with Gasteiger partial charge in [0.2, 0.25) is 5.88 Å². The molecule has 4 aromatic heterocycles. The Kier molecular flexibility index (Phi) is 7.20. The summed E-state index contributed by atoms with van der Waals surface area (Å²) in [6.45, 7) is -0.237. The maximum Gasteiger partial charge on any atom is 0.285 e. The van der Waals surface area contributed by atoms with E-state index >= 15 is 0 Å². The van der Waals surface area contributed by atoms with E-state index in [-0.39, 0.29) is 12.4 Å². The highest BCUT2D eigenvalue weighted by Crippen LogP contribution is 2.30. The Bertz CT molecular complexity index is 1330. The Hall–Kier alpha value is -3.34. The number of aromatic nitrogens is 4. The number of hydrogen-bond donors (Lipinski definition) is 2. The number of nitrogen functional groups attached to an aromatic ring is 1. The summed E-state index contributed by atoms with van der Waals surface area (Å²) in [5.74, 6) is 1.01. The number of rotatable bonds is 9. The number of nitrogens with two attached hydrogens (primary N) is 1. The van der Waals surface area contributed by atoms with Crippen LogP contribution in [0.3, 0.4) is 0 Å². The molecule has 0 bridgehead atoms. The Morgan fingerprint density at radius 1 is 1.21 bits per heavy atom. The van der Waals surface area contributed by atoms with Gasteiger partial charge in [-0.1, -0.05) is 22.8 Å². The van der Waals surface area contributed by atoms with E-state index in [4.69, 9.17) is 31.5 Å². The van der Waals surface area contributed by atoms with Crippen molar-refractivity contribution in [3.8, 4) is 17.2 Å². The molecule has 0 amide bonds. The van der Waals surface area contributed by atoms with Gasteiger partial charge < -0.3 is 19.0 Å². The van der Waals surface area contributed by atoms with Crippen molar-refractivity contribution >= 4 is 25.2 Å². The largest absolute Gasteiger partial charge is 0.756 e. The Morgan fingerprint density at radius 2 is 2.06 bits per heavy atom. The van der Waals surface area contributed by atoms with Crippen LogP contribution in [-0.2, 0) is 28.8 Å². The highest BCUT2D eigenvalue weighted by atomic mass is 35.5. The molecule has 176 valence electrons. The van der Waals surface area contributed by atoms with Crippen LogP contribution in [0.15, 0.2) is 65.6 Å². The van der Waals surface area contributed by atoms with Crippen LogP contribution in [0.4, 0.5) is 5.82 Å². The number of nitrogens with zero attached hydrogens (tertiary/aromatic N) is 4. The monoisotopic (exact) mass is 503 g/mol. The van der Waals surface area contributed by atoms with Crippen LogP contribution in [0.1, 0.15) is 17.0 Å². The summed E-state index contributed by atoms with van der Waals surface area (Å²) >= 11 is 5.94. The van der Waals surface area contributed by atoms with Crippen molar-refractivity contribution in [3.05, 3.63) is 83.0 Å². The lowest BCUT2D eigenvalue weighted by atomic mass is 10.1. The zero-order valence-corrected chi connectivity index (χ0v) is 19.2. The minimum Gasteiger partial charge on any atom is -0.756 e. The third kappa shape index (κ3) is 6.37. The predicted molar refractivity (Wildman–Crippen MR) is 118 cm³/mol. The van der Waals surface area contributed by atoms with Gasteiger partial charge in [0.1, 0.15) is 12.2 Å². The van der Waals surface area contributed by atoms with Crippen molar-refractivity contribution in [2.45, 2.75) is 19.8 Å². The van der Waals surface area contributed by atoms with Crippen molar-refractivity contribution in [1.82, 2.24) is 15.1 Å². The molecule has 0 spiro atoms. The van der Waals surface area contributed by atoms with Crippen molar-refractivity contribution in [2.24, 2.45) is 0 Å². The van der Waals surface area contributed by atoms with E-state index < -0.39 is 14.6 Å².